The third kappa shape index (κ3) is 12.0. The molecule has 1 fully saturated rings. The van der Waals surface area contributed by atoms with Crippen molar-refractivity contribution in [1.29, 1.82) is 0 Å². The molecule has 0 aliphatic carbocycles. The average Bonchev–Trinajstić information content (AvgIpc) is 3.84. The van der Waals surface area contributed by atoms with Crippen molar-refractivity contribution in [1.82, 2.24) is 15.2 Å². The molecule has 3 heterocycles. The number of amides is 2. The van der Waals surface area contributed by atoms with Crippen molar-refractivity contribution in [3.05, 3.63) is 214 Å². The number of nitrogens with zero attached hydrogens (tertiary/aromatic N) is 3. The van der Waals surface area contributed by atoms with E-state index in [2.05, 4.69) is 46.9 Å². The Bertz CT molecular complexity index is 2920. The quantitative estimate of drug-likeness (QED) is 0.0183. The standard InChI is InChI=1S/C57H55N5O7S2Si/c1-56(2,3)69-46(63)36-67-61-47(45-38-71-55(58-45)60-57(42-29-16-9-17-30-42,43-31-18-10-19-32-43)44-33-20-11-21-34-44)51(64)59-48-52(65)62-49(41(37-70-53(48)62)28-22-23-35-72(4,5)6)54(66)68-50(39-24-12-7-13-25-39)40-26-14-8-15-27-40/h7-22,24-34,38,48,50,53H,36-37H2,1-6H3,(H,58,60)(H,59,64)/b28-22-,61-47-/t48-,53-/m1/s1. The van der Waals surface area contributed by atoms with Crippen molar-refractivity contribution in [3.63, 3.8) is 0 Å². The fourth-order valence-electron chi connectivity index (χ4n) is 8.22. The van der Waals surface area contributed by atoms with Crippen LogP contribution < -0.4 is 10.6 Å². The number of benzene rings is 5. The highest BCUT2D eigenvalue weighted by molar-refractivity contribution is 8.00. The molecular weight excluding hydrogens is 959 g/mol. The molecule has 1 saturated heterocycles. The van der Waals surface area contributed by atoms with Crippen LogP contribution in [0.15, 0.2) is 186 Å². The largest absolute Gasteiger partial charge is 0.457 e. The molecule has 1 aromatic heterocycles. The van der Waals surface area contributed by atoms with Gasteiger partial charge in [-0.05, 0) is 66.3 Å². The molecule has 0 radical (unpaired) electrons. The molecule has 0 saturated carbocycles. The first-order valence-electron chi connectivity index (χ1n) is 23.4. The molecule has 2 aliphatic heterocycles. The molecule has 2 N–H and O–H groups in total. The lowest BCUT2D eigenvalue weighted by molar-refractivity contribution is -0.160. The molecular formula is C57H55N5O7S2Si. The van der Waals surface area contributed by atoms with Crippen molar-refractivity contribution >= 4 is 65.8 Å². The maximum Gasteiger partial charge on any atom is 0.356 e. The van der Waals surface area contributed by atoms with Gasteiger partial charge in [0.1, 0.15) is 42.0 Å². The molecule has 2 atom stereocenters. The smallest absolute Gasteiger partial charge is 0.356 e. The van der Waals surface area contributed by atoms with Crippen molar-refractivity contribution in [3.8, 4) is 11.5 Å². The van der Waals surface area contributed by atoms with Crippen LogP contribution in [-0.4, -0.2) is 76.8 Å². The van der Waals surface area contributed by atoms with E-state index in [0.717, 1.165) is 27.8 Å². The minimum absolute atomic E-state index is 0.0701. The fraction of sp³-hybridized carbons (Fsp3) is 0.228. The number of hydrogen-bond acceptors (Lipinski definition) is 12. The Morgan fingerprint density at radius 2 is 1.35 bits per heavy atom. The second kappa shape index (κ2) is 22.3. The number of esters is 2. The van der Waals surface area contributed by atoms with Crippen LogP contribution in [0.1, 0.15) is 60.4 Å². The number of thioether (sulfide) groups is 1. The second-order valence-corrected chi connectivity index (χ2v) is 25.7. The Morgan fingerprint density at radius 3 is 1.86 bits per heavy atom. The summed E-state index contributed by atoms with van der Waals surface area (Å²) in [5.41, 5.74) is 6.38. The maximum absolute atomic E-state index is 14.6. The van der Waals surface area contributed by atoms with Crippen LogP contribution in [0.25, 0.3) is 0 Å². The highest BCUT2D eigenvalue weighted by Crippen LogP contribution is 2.43. The van der Waals surface area contributed by atoms with Gasteiger partial charge >= 0.3 is 11.9 Å². The van der Waals surface area contributed by atoms with E-state index in [1.807, 2.05) is 152 Å². The van der Waals surface area contributed by atoms with E-state index in [4.69, 9.17) is 19.3 Å². The number of ether oxygens (including phenoxy) is 2. The minimum atomic E-state index is -1.72. The number of nitrogens with one attached hydrogen (secondary N) is 2. The lowest BCUT2D eigenvalue weighted by Gasteiger charge is -2.49. The first-order chi connectivity index (χ1) is 34.6. The zero-order chi connectivity index (χ0) is 50.9. The normalized spacial score (nSPS) is 16.0. The van der Waals surface area contributed by atoms with E-state index in [1.165, 1.54) is 28.0 Å². The molecule has 0 bridgehead atoms. The number of rotatable bonds is 16. The lowest BCUT2D eigenvalue weighted by atomic mass is 9.77. The number of oxime groups is 1. The SMILES string of the molecule is CC(C)(C)OC(=O)CO/N=C(\C(=O)N[C@@H]1C(=O)N2C(C(=O)OC(c3ccccc3)c3ccccc3)=C(/C=C\C#C[Si](C)(C)C)CS[C@H]12)c1csc(NC(c2ccccc2)(c2ccccc2)c2ccccc2)n1. The van der Waals surface area contributed by atoms with Crippen molar-refractivity contribution in [2.24, 2.45) is 5.16 Å². The van der Waals surface area contributed by atoms with Gasteiger partial charge in [0.05, 0.1) is 0 Å². The van der Waals surface area contributed by atoms with E-state index < -0.39 is 67.1 Å². The molecule has 8 rings (SSSR count). The van der Waals surface area contributed by atoms with E-state index in [9.17, 15) is 19.2 Å². The van der Waals surface area contributed by atoms with E-state index >= 15 is 0 Å². The highest BCUT2D eigenvalue weighted by atomic mass is 32.2. The summed E-state index contributed by atoms with van der Waals surface area (Å²) in [5.74, 6) is 0.719. The summed E-state index contributed by atoms with van der Waals surface area (Å²) < 4.78 is 11.8. The number of β-lactam (4-membered cyclic amide) rings is 1. The van der Waals surface area contributed by atoms with Gasteiger partial charge in [-0.15, -0.1) is 28.6 Å². The predicted molar refractivity (Wildman–Crippen MR) is 286 cm³/mol. The van der Waals surface area contributed by atoms with Gasteiger partial charge in [-0.25, -0.2) is 14.6 Å². The van der Waals surface area contributed by atoms with Gasteiger partial charge in [-0.3, -0.25) is 14.5 Å². The Hall–Kier alpha value is -7.51. The van der Waals surface area contributed by atoms with Crippen LogP contribution in [0.2, 0.25) is 19.6 Å². The lowest BCUT2D eigenvalue weighted by Crippen LogP contribution is -2.71. The van der Waals surface area contributed by atoms with Crippen LogP contribution in [-0.2, 0) is 39.0 Å². The summed E-state index contributed by atoms with van der Waals surface area (Å²) in [6.07, 6.45) is 2.69. The fourth-order valence-corrected chi connectivity index (χ4v) is 10.8. The number of hydrogen-bond donors (Lipinski definition) is 2. The first kappa shape index (κ1) is 50.9. The van der Waals surface area contributed by atoms with Crippen molar-refractivity contribution < 1.29 is 33.5 Å². The average molecular weight is 1010 g/mol. The molecule has 72 heavy (non-hydrogen) atoms. The minimum Gasteiger partial charge on any atom is -0.457 e. The highest BCUT2D eigenvalue weighted by Gasteiger charge is 2.55. The van der Waals surface area contributed by atoms with Gasteiger partial charge in [0.15, 0.2) is 16.9 Å². The zero-order valence-electron chi connectivity index (χ0n) is 40.8. The molecule has 5 aromatic carbocycles. The molecule has 2 amide bonds. The topological polar surface area (TPSA) is 149 Å². The summed E-state index contributed by atoms with van der Waals surface area (Å²) in [6.45, 7) is 11.0. The third-order valence-electron chi connectivity index (χ3n) is 11.4. The van der Waals surface area contributed by atoms with Gasteiger partial charge in [-0.2, -0.15) is 0 Å². The van der Waals surface area contributed by atoms with Crippen LogP contribution in [0.4, 0.5) is 5.13 Å². The van der Waals surface area contributed by atoms with Gasteiger partial charge in [0.25, 0.3) is 11.8 Å². The van der Waals surface area contributed by atoms with Crippen LogP contribution in [0.3, 0.4) is 0 Å². The summed E-state index contributed by atoms with van der Waals surface area (Å²) in [6, 6.07) is 47.7. The Morgan fingerprint density at radius 1 is 0.819 bits per heavy atom. The Kier molecular flexibility index (Phi) is 15.7. The summed E-state index contributed by atoms with van der Waals surface area (Å²) in [4.78, 5) is 68.3. The Labute approximate surface area is 429 Å². The molecule has 2 aliphatic rings. The number of fused-ring (bicyclic) bond motifs is 1. The number of carbonyl (C=O) groups is 4. The molecule has 12 nitrogen and oxygen atoms in total. The van der Waals surface area contributed by atoms with Crippen LogP contribution >= 0.6 is 23.1 Å². The van der Waals surface area contributed by atoms with Gasteiger partial charge < -0.3 is 24.9 Å². The van der Waals surface area contributed by atoms with Crippen LogP contribution in [0.5, 0.6) is 0 Å². The first-order valence-corrected chi connectivity index (χ1v) is 28.9. The van der Waals surface area contributed by atoms with Crippen molar-refractivity contribution in [2.45, 2.75) is 69.1 Å². The van der Waals surface area contributed by atoms with Crippen molar-refractivity contribution in [2.75, 3.05) is 17.7 Å². The number of anilines is 1. The summed E-state index contributed by atoms with van der Waals surface area (Å²) in [7, 11) is -1.72. The maximum atomic E-state index is 14.6. The van der Waals surface area contributed by atoms with E-state index in [0.29, 0.717) is 16.5 Å². The third-order valence-corrected chi connectivity index (χ3v) is 14.3. The molecule has 0 spiro atoms. The monoisotopic (exact) mass is 1010 g/mol. The molecule has 6 aromatic rings. The van der Waals surface area contributed by atoms with Gasteiger partial charge in [0, 0.05) is 11.1 Å². The van der Waals surface area contributed by atoms with Gasteiger partial charge in [0.2, 0.25) is 6.61 Å². The Balaban J connectivity index is 1.11. The molecule has 366 valence electrons. The summed E-state index contributed by atoms with van der Waals surface area (Å²) >= 11 is 2.63. The second-order valence-electron chi connectivity index (χ2n) is 19.0. The van der Waals surface area contributed by atoms with E-state index in [1.54, 1.807) is 38.3 Å². The van der Waals surface area contributed by atoms with E-state index in [-0.39, 0.29) is 17.1 Å². The number of carbonyl (C=O) groups excluding carboxylic acids is 4. The zero-order valence-corrected chi connectivity index (χ0v) is 43.5. The summed E-state index contributed by atoms with van der Waals surface area (Å²) in [5, 5.41) is 12.2. The predicted octanol–water partition coefficient (Wildman–Crippen LogP) is 10.0. The van der Waals surface area contributed by atoms with Crippen LogP contribution in [0, 0.1) is 11.5 Å². The molecule has 0 unspecified atom stereocenters. The number of allylic oxidation sites excluding steroid dienone is 2. The van der Waals surface area contributed by atoms with Gasteiger partial charge in [-0.1, -0.05) is 182 Å². The number of thiazole rings is 1. The molecule has 15 heteroatoms. The number of aromatic nitrogens is 1.